The fraction of sp³-hybridized carbons (Fsp3) is 0.533. The normalized spacial score (nSPS) is 23.4. The summed E-state index contributed by atoms with van der Waals surface area (Å²) >= 11 is 0. The van der Waals surface area contributed by atoms with E-state index in [2.05, 4.69) is 15.1 Å². The molecule has 3 N–H and O–H groups in total. The van der Waals surface area contributed by atoms with E-state index in [-0.39, 0.29) is 48.0 Å². The molecule has 2 aromatic rings. The van der Waals surface area contributed by atoms with Crippen molar-refractivity contribution in [2.75, 3.05) is 32.7 Å². The molecule has 1 aromatic carbocycles. The van der Waals surface area contributed by atoms with Gasteiger partial charge in [-0.05, 0) is 50.8 Å². The largest absolute Gasteiger partial charge is 0.503 e. The monoisotopic (exact) mass is 601 g/mol. The molecule has 3 fully saturated rings. The molecule has 3 atom stereocenters. The van der Waals surface area contributed by atoms with Crippen LogP contribution in [0.2, 0.25) is 0 Å². The predicted octanol–water partition coefficient (Wildman–Crippen LogP) is 2.21. The molecule has 0 unspecified atom stereocenters. The van der Waals surface area contributed by atoms with Crippen molar-refractivity contribution in [3.63, 3.8) is 0 Å². The average molecular weight is 602 g/mol. The second-order valence-electron chi connectivity index (χ2n) is 11.6. The lowest BCUT2D eigenvalue weighted by Gasteiger charge is -2.55. The smallest absolute Gasteiger partial charge is 0.290 e. The van der Waals surface area contributed by atoms with Gasteiger partial charge in [-0.15, -0.1) is 0 Å². The van der Waals surface area contributed by atoms with E-state index in [0.29, 0.717) is 12.5 Å². The molecular formula is C30H37F2N5O6. The van der Waals surface area contributed by atoms with Gasteiger partial charge in [0.2, 0.25) is 5.43 Å². The highest BCUT2D eigenvalue weighted by atomic mass is 19.1. The Hall–Kier alpha value is -3.84. The third-order valence-corrected chi connectivity index (χ3v) is 9.09. The number of nitrogens with one attached hydrogen (secondary N) is 1. The summed E-state index contributed by atoms with van der Waals surface area (Å²) in [6.45, 7) is 4.61. The molecule has 11 nitrogen and oxygen atoms in total. The molecule has 0 spiro atoms. The Bertz CT molecular complexity index is 1430. The summed E-state index contributed by atoms with van der Waals surface area (Å²) < 4.78 is 28.8. The topological polar surface area (TPSA) is 135 Å². The summed E-state index contributed by atoms with van der Waals surface area (Å²) in [6, 6.07) is 3.08. The summed E-state index contributed by atoms with van der Waals surface area (Å²) in [6.07, 6.45) is 7.62. The van der Waals surface area contributed by atoms with Gasteiger partial charge < -0.3 is 29.9 Å². The minimum Gasteiger partial charge on any atom is -0.503 e. The van der Waals surface area contributed by atoms with Crippen molar-refractivity contribution in [1.82, 2.24) is 24.6 Å². The number of amides is 2. The molecule has 232 valence electrons. The van der Waals surface area contributed by atoms with Gasteiger partial charge in [0, 0.05) is 50.0 Å². The average Bonchev–Trinajstić information content (AvgIpc) is 3.51. The summed E-state index contributed by atoms with van der Waals surface area (Å²) in [5.74, 6) is -3.13. The molecule has 3 aliphatic heterocycles. The molecule has 2 saturated heterocycles. The molecule has 0 bridgehead atoms. The highest BCUT2D eigenvalue weighted by Gasteiger charge is 2.48. The number of rotatable bonds is 6. The standard InChI is InChI=1S/C29H35F2N5O4.CH2O2/c30-20-8-7-18(22(31)13-20)14-32-28(39)21-16-35-17-24-34(12-11-33-9-3-4-10-33)15-19-5-1-2-6-23(19)36(24)29(40)25(35)27(38)26(21)37;2-1-3/h7-8,13,16,19,23-24,38H,1-6,9-12,14-15,17H2,(H,32,39);1H,(H,2,3)/t19-,23-,24-;/m0./s1. The Morgan fingerprint density at radius 1 is 1.05 bits per heavy atom. The molecule has 13 heteroatoms. The molecular weight excluding hydrogens is 564 g/mol. The van der Waals surface area contributed by atoms with E-state index in [1.165, 1.54) is 29.7 Å². The van der Waals surface area contributed by atoms with Gasteiger partial charge in [-0.25, -0.2) is 8.78 Å². The van der Waals surface area contributed by atoms with E-state index in [4.69, 9.17) is 9.90 Å². The molecule has 43 heavy (non-hydrogen) atoms. The maximum Gasteiger partial charge on any atom is 0.290 e. The molecule has 4 heterocycles. The van der Waals surface area contributed by atoms with Crippen LogP contribution in [0.25, 0.3) is 0 Å². The van der Waals surface area contributed by atoms with Gasteiger partial charge in [-0.1, -0.05) is 18.9 Å². The number of benzene rings is 1. The Labute approximate surface area is 247 Å². The third kappa shape index (κ3) is 6.28. The van der Waals surface area contributed by atoms with E-state index < -0.39 is 28.7 Å². The summed E-state index contributed by atoms with van der Waals surface area (Å²) in [5, 5.41) is 20.3. The molecule has 2 amide bonds. The first-order valence-electron chi connectivity index (χ1n) is 14.8. The van der Waals surface area contributed by atoms with Gasteiger partial charge in [0.15, 0.2) is 11.4 Å². The number of fused-ring (bicyclic) bond motifs is 4. The quantitative estimate of drug-likeness (QED) is 0.429. The predicted molar refractivity (Wildman–Crippen MR) is 152 cm³/mol. The summed E-state index contributed by atoms with van der Waals surface area (Å²) in [7, 11) is 0. The van der Waals surface area contributed by atoms with Crippen LogP contribution in [0, 0.1) is 17.6 Å². The third-order valence-electron chi connectivity index (χ3n) is 9.09. The van der Waals surface area contributed by atoms with Crippen molar-refractivity contribution in [3.8, 4) is 5.75 Å². The van der Waals surface area contributed by atoms with E-state index >= 15 is 0 Å². The number of nitrogens with zero attached hydrogens (tertiary/aromatic N) is 4. The number of hydrogen-bond acceptors (Lipinski definition) is 7. The van der Waals surface area contributed by atoms with Crippen LogP contribution in [-0.2, 0) is 17.9 Å². The lowest BCUT2D eigenvalue weighted by Crippen LogP contribution is -2.68. The molecule has 6 rings (SSSR count). The van der Waals surface area contributed by atoms with Crippen LogP contribution < -0.4 is 10.7 Å². The molecule has 1 aliphatic carbocycles. The second kappa shape index (κ2) is 13.2. The number of carbonyl (C=O) groups is 3. The van der Waals surface area contributed by atoms with Crippen LogP contribution >= 0.6 is 0 Å². The van der Waals surface area contributed by atoms with Gasteiger partial charge >= 0.3 is 0 Å². The Balaban J connectivity index is 0.00000118. The van der Waals surface area contributed by atoms with Gasteiger partial charge in [-0.3, -0.25) is 24.1 Å². The van der Waals surface area contributed by atoms with Crippen LogP contribution in [0.15, 0.2) is 29.2 Å². The number of carboxylic acid groups (broad SMARTS) is 1. The number of aromatic nitrogens is 1. The number of hydrogen-bond donors (Lipinski definition) is 3. The van der Waals surface area contributed by atoms with Crippen molar-refractivity contribution in [2.45, 2.75) is 63.8 Å². The Morgan fingerprint density at radius 3 is 2.49 bits per heavy atom. The lowest BCUT2D eigenvalue weighted by molar-refractivity contribution is -0.122. The zero-order chi connectivity index (χ0) is 30.7. The van der Waals surface area contributed by atoms with Crippen molar-refractivity contribution in [3.05, 3.63) is 63.1 Å². The number of aromatic hydroxyl groups is 1. The van der Waals surface area contributed by atoms with Gasteiger partial charge in [0.1, 0.15) is 23.4 Å². The van der Waals surface area contributed by atoms with Crippen LogP contribution in [0.1, 0.15) is 64.9 Å². The van der Waals surface area contributed by atoms with Crippen molar-refractivity contribution < 1.29 is 33.4 Å². The maximum absolute atomic E-state index is 14.0. The fourth-order valence-corrected chi connectivity index (χ4v) is 7.01. The van der Waals surface area contributed by atoms with E-state index in [1.807, 2.05) is 4.90 Å². The van der Waals surface area contributed by atoms with Crippen LogP contribution in [0.4, 0.5) is 8.78 Å². The minimum atomic E-state index is -0.946. The first-order valence-corrected chi connectivity index (χ1v) is 14.8. The van der Waals surface area contributed by atoms with Gasteiger partial charge in [-0.2, -0.15) is 0 Å². The van der Waals surface area contributed by atoms with E-state index in [9.17, 15) is 28.3 Å². The van der Waals surface area contributed by atoms with E-state index in [0.717, 1.165) is 70.5 Å². The van der Waals surface area contributed by atoms with Crippen molar-refractivity contribution in [1.29, 1.82) is 0 Å². The fourth-order valence-electron chi connectivity index (χ4n) is 7.01. The van der Waals surface area contributed by atoms with Crippen LogP contribution in [0.3, 0.4) is 0 Å². The van der Waals surface area contributed by atoms with Crippen molar-refractivity contribution in [2.24, 2.45) is 5.92 Å². The SMILES string of the molecule is O=C(NCc1ccc(F)cc1F)c1cn2c(c(O)c1=O)C(=O)N1[C@H]3CCCC[C@H]3CN(CCN3CCCC3)[C@@H]1C2.O=CO. The number of pyridine rings is 1. The highest BCUT2D eigenvalue weighted by molar-refractivity contribution is 5.99. The summed E-state index contributed by atoms with van der Waals surface area (Å²) in [4.78, 5) is 55.0. The molecule has 1 saturated carbocycles. The van der Waals surface area contributed by atoms with Gasteiger partial charge in [0.05, 0.1) is 6.54 Å². The molecule has 4 aliphatic rings. The minimum absolute atomic E-state index is 0.0562. The van der Waals surface area contributed by atoms with Crippen molar-refractivity contribution >= 4 is 18.3 Å². The molecule has 1 aromatic heterocycles. The first kappa shape index (κ1) is 30.6. The molecule has 0 radical (unpaired) electrons. The summed E-state index contributed by atoms with van der Waals surface area (Å²) in [5.41, 5.74) is -1.31. The van der Waals surface area contributed by atoms with Crippen LogP contribution in [0.5, 0.6) is 5.75 Å². The second-order valence-corrected chi connectivity index (χ2v) is 11.6. The lowest BCUT2D eigenvalue weighted by atomic mass is 9.80. The number of likely N-dealkylation sites (tertiary alicyclic amines) is 1. The van der Waals surface area contributed by atoms with Crippen LogP contribution in [-0.4, -0.2) is 92.7 Å². The zero-order valence-electron chi connectivity index (χ0n) is 23.9. The number of carbonyl (C=O) groups excluding carboxylic acids is 2. The zero-order valence-corrected chi connectivity index (χ0v) is 23.9. The van der Waals surface area contributed by atoms with Gasteiger partial charge in [0.25, 0.3) is 18.3 Å². The van der Waals surface area contributed by atoms with E-state index in [1.54, 1.807) is 0 Å². The number of halogens is 2. The maximum atomic E-state index is 14.0. The Kier molecular flexibility index (Phi) is 9.40. The Morgan fingerprint density at radius 2 is 1.77 bits per heavy atom. The first-order chi connectivity index (χ1) is 20.7. The highest BCUT2D eigenvalue weighted by Crippen LogP contribution is 2.39.